The van der Waals surface area contributed by atoms with Crippen LogP contribution < -0.4 is 0 Å². The Hall–Kier alpha value is -2.68. The minimum absolute atomic E-state index is 0.0284. The van der Waals surface area contributed by atoms with E-state index in [2.05, 4.69) is 4.90 Å². The molecule has 2 aromatic rings. The monoisotopic (exact) mass is 389 g/mol. The first-order valence-electron chi connectivity index (χ1n) is 9.04. The summed E-state index contributed by atoms with van der Waals surface area (Å²) in [6.45, 7) is 2.09. The number of nitrogens with zero attached hydrogens (tertiary/aromatic N) is 1. The summed E-state index contributed by atoms with van der Waals surface area (Å²) in [6.07, 6.45) is 0.272. The number of furan rings is 1. The predicted octanol–water partition coefficient (Wildman–Crippen LogP) is 1.49. The summed E-state index contributed by atoms with van der Waals surface area (Å²) >= 11 is 0. The number of fused-ring (bicyclic) bond motifs is 1. The van der Waals surface area contributed by atoms with Crippen LogP contribution in [-0.4, -0.2) is 58.5 Å². The Bertz CT molecular complexity index is 832. The molecule has 0 bridgehead atoms. The first kappa shape index (κ1) is 20.1. The third kappa shape index (κ3) is 4.41. The zero-order chi connectivity index (χ0) is 20.1. The van der Waals surface area contributed by atoms with Crippen LogP contribution >= 0.6 is 0 Å². The molecule has 28 heavy (non-hydrogen) atoms. The maximum Gasteiger partial charge on any atom is 0.338 e. The molecule has 3 heterocycles. The highest BCUT2D eigenvalue weighted by atomic mass is 16.5. The molecule has 2 aliphatic heterocycles. The third-order valence-corrected chi connectivity index (χ3v) is 5.05. The number of cyclic esters (lactones) is 1. The van der Waals surface area contributed by atoms with E-state index in [1.165, 1.54) is 0 Å². The number of piperidine rings is 1. The van der Waals surface area contributed by atoms with Crippen molar-refractivity contribution < 1.29 is 34.1 Å². The number of β-amino-alcohol motifs (C(OH)–C–C–N with tert-alkyl or cyclic N) is 1. The largest absolute Gasteiger partial charge is 0.483 e. The maximum absolute atomic E-state index is 11.7. The van der Waals surface area contributed by atoms with Crippen LogP contribution in [-0.2, 0) is 22.7 Å². The van der Waals surface area contributed by atoms with Crippen LogP contribution in [0, 0.1) is 5.92 Å². The lowest BCUT2D eigenvalue weighted by atomic mass is 9.95. The van der Waals surface area contributed by atoms with Gasteiger partial charge in [-0.05, 0) is 31.2 Å². The molecule has 0 aliphatic carbocycles. The molecule has 2 aliphatic rings. The fourth-order valence-electron chi connectivity index (χ4n) is 3.51. The van der Waals surface area contributed by atoms with E-state index in [1.807, 2.05) is 30.3 Å². The normalized spacial score (nSPS) is 21.4. The van der Waals surface area contributed by atoms with Crippen molar-refractivity contribution in [2.45, 2.75) is 25.7 Å². The molecule has 1 fully saturated rings. The Morgan fingerprint density at radius 1 is 1.25 bits per heavy atom. The van der Waals surface area contributed by atoms with Crippen LogP contribution in [0.1, 0.15) is 28.1 Å². The van der Waals surface area contributed by atoms with Crippen molar-refractivity contribution in [3.8, 4) is 11.3 Å². The van der Waals surface area contributed by atoms with Crippen LogP contribution in [0.15, 0.2) is 34.7 Å². The summed E-state index contributed by atoms with van der Waals surface area (Å²) in [5.41, 5.74) is 2.36. The molecule has 0 spiro atoms. The summed E-state index contributed by atoms with van der Waals surface area (Å²) in [7, 11) is 0. The van der Waals surface area contributed by atoms with Crippen LogP contribution in [0.4, 0.5) is 0 Å². The highest BCUT2D eigenvalue weighted by Gasteiger charge is 2.27. The molecule has 4 rings (SSSR count). The lowest BCUT2D eigenvalue weighted by molar-refractivity contribution is -0.122. The number of carboxylic acid groups (broad SMARTS) is 1. The number of carbonyl (C=O) groups excluding carboxylic acids is 1. The van der Waals surface area contributed by atoms with E-state index in [1.54, 1.807) is 0 Å². The molecule has 3 N–H and O–H groups in total. The zero-order valence-electron chi connectivity index (χ0n) is 15.3. The van der Waals surface area contributed by atoms with Crippen molar-refractivity contribution >= 4 is 12.4 Å². The quantitative estimate of drug-likeness (QED) is 0.531. The molecule has 150 valence electrons. The number of hydrogen-bond donors (Lipinski definition) is 3. The van der Waals surface area contributed by atoms with Crippen molar-refractivity contribution in [2.75, 3.05) is 19.7 Å². The number of aliphatic hydroxyl groups is 2. The van der Waals surface area contributed by atoms with Gasteiger partial charge in [0, 0.05) is 30.2 Å². The molecule has 8 heteroatoms. The van der Waals surface area contributed by atoms with Crippen LogP contribution in [0.25, 0.3) is 11.3 Å². The molecule has 0 amide bonds. The summed E-state index contributed by atoms with van der Waals surface area (Å²) in [5.74, 6) is 1.20. The number of aliphatic hydroxyl groups excluding tert-OH is 2. The van der Waals surface area contributed by atoms with Crippen molar-refractivity contribution in [3.05, 3.63) is 47.2 Å². The minimum atomic E-state index is -0.504. The summed E-state index contributed by atoms with van der Waals surface area (Å²) in [5, 5.41) is 26.2. The van der Waals surface area contributed by atoms with Crippen LogP contribution in [0.3, 0.4) is 0 Å². The van der Waals surface area contributed by atoms with E-state index in [4.69, 9.17) is 19.1 Å². The molecular formula is C20H23NO7. The molecule has 0 radical (unpaired) electrons. The highest BCUT2D eigenvalue weighted by Crippen LogP contribution is 2.29. The third-order valence-electron chi connectivity index (χ3n) is 5.05. The van der Waals surface area contributed by atoms with Crippen molar-refractivity contribution in [1.82, 2.24) is 4.90 Å². The Morgan fingerprint density at radius 3 is 2.75 bits per heavy atom. The van der Waals surface area contributed by atoms with Crippen molar-refractivity contribution in [1.29, 1.82) is 0 Å². The minimum Gasteiger partial charge on any atom is -0.483 e. The topological polar surface area (TPSA) is 120 Å². The summed E-state index contributed by atoms with van der Waals surface area (Å²) in [4.78, 5) is 22.2. The molecule has 8 nitrogen and oxygen atoms in total. The summed E-state index contributed by atoms with van der Waals surface area (Å²) < 4.78 is 11.0. The fraction of sp³-hybridized carbons (Fsp3) is 0.400. The van der Waals surface area contributed by atoms with E-state index < -0.39 is 6.10 Å². The number of carbonyl (C=O) groups is 2. The summed E-state index contributed by atoms with van der Waals surface area (Å²) in [6, 6.07) is 9.46. The van der Waals surface area contributed by atoms with E-state index >= 15 is 0 Å². The molecule has 1 aromatic heterocycles. The van der Waals surface area contributed by atoms with Gasteiger partial charge in [0.15, 0.2) is 0 Å². The fourth-order valence-corrected chi connectivity index (χ4v) is 3.51. The SMILES string of the molecule is O=C1OCc2ccc(-c3ccc(CN4CC[C@H](CO)[C@@H](O)C4)o3)cc21.O=CO. The second-order valence-corrected chi connectivity index (χ2v) is 6.85. The second-order valence-electron chi connectivity index (χ2n) is 6.85. The number of likely N-dealkylation sites (tertiary alicyclic amines) is 1. The van der Waals surface area contributed by atoms with Crippen LogP contribution in [0.2, 0.25) is 0 Å². The molecule has 1 saturated heterocycles. The Balaban J connectivity index is 0.000000706. The smallest absolute Gasteiger partial charge is 0.338 e. The average Bonchev–Trinajstić information content (AvgIpc) is 3.29. The zero-order valence-corrected chi connectivity index (χ0v) is 15.3. The van der Waals surface area contributed by atoms with Gasteiger partial charge in [-0.15, -0.1) is 0 Å². The average molecular weight is 389 g/mol. The van der Waals surface area contributed by atoms with Gasteiger partial charge < -0.3 is 24.5 Å². The lowest BCUT2D eigenvalue weighted by Gasteiger charge is -2.34. The molecular weight excluding hydrogens is 366 g/mol. The first-order valence-corrected chi connectivity index (χ1v) is 9.04. The van der Waals surface area contributed by atoms with Gasteiger partial charge in [-0.3, -0.25) is 9.69 Å². The molecule has 0 saturated carbocycles. The van der Waals surface area contributed by atoms with Gasteiger partial charge in [0.2, 0.25) is 0 Å². The van der Waals surface area contributed by atoms with Crippen molar-refractivity contribution in [3.63, 3.8) is 0 Å². The second kappa shape index (κ2) is 9.01. The van der Waals surface area contributed by atoms with Gasteiger partial charge in [0.1, 0.15) is 18.1 Å². The predicted molar refractivity (Wildman–Crippen MR) is 98.4 cm³/mol. The van der Waals surface area contributed by atoms with Gasteiger partial charge in [-0.25, -0.2) is 4.79 Å². The lowest BCUT2D eigenvalue weighted by Crippen LogP contribution is -2.44. The Kier molecular flexibility index (Phi) is 6.45. The van der Waals surface area contributed by atoms with E-state index in [0.29, 0.717) is 31.0 Å². The highest BCUT2D eigenvalue weighted by molar-refractivity contribution is 5.94. The van der Waals surface area contributed by atoms with Crippen molar-refractivity contribution in [2.24, 2.45) is 5.92 Å². The van der Waals surface area contributed by atoms with Gasteiger partial charge in [-0.2, -0.15) is 0 Å². The van der Waals surface area contributed by atoms with Gasteiger partial charge in [0.05, 0.1) is 18.2 Å². The number of ether oxygens (including phenoxy) is 1. The number of benzene rings is 1. The van der Waals surface area contributed by atoms with Gasteiger partial charge in [0.25, 0.3) is 6.47 Å². The maximum atomic E-state index is 11.7. The van der Waals surface area contributed by atoms with Gasteiger partial charge in [-0.1, -0.05) is 12.1 Å². The Morgan fingerprint density at radius 2 is 2.04 bits per heavy atom. The standard InChI is InChI=1S/C19H21NO5.CH2O2/c21-10-13-5-6-20(9-17(13)22)8-15-3-4-18(25-15)12-1-2-14-11-24-19(23)16(14)7-12;2-1-3/h1-4,7,13,17,21-22H,5-6,8-11H2;1H,(H,2,3)/t13-,17+;/m1./s1. The number of esters is 1. The number of rotatable bonds is 4. The molecule has 0 unspecified atom stereocenters. The van der Waals surface area contributed by atoms with Gasteiger partial charge >= 0.3 is 5.97 Å². The Labute approximate surface area is 162 Å². The van der Waals surface area contributed by atoms with E-state index in [9.17, 15) is 15.0 Å². The molecule has 2 atom stereocenters. The first-order chi connectivity index (χ1) is 13.5. The number of hydrogen-bond acceptors (Lipinski definition) is 7. The van der Waals surface area contributed by atoms with E-state index in [-0.39, 0.29) is 25.0 Å². The molecule has 1 aromatic carbocycles. The van der Waals surface area contributed by atoms with E-state index in [0.717, 1.165) is 29.9 Å². The van der Waals surface area contributed by atoms with Crippen LogP contribution in [0.5, 0.6) is 0 Å².